The maximum Gasteiger partial charge on any atom is 0.274 e. The van der Waals surface area contributed by atoms with Gasteiger partial charge in [0.05, 0.1) is 15.9 Å². The lowest BCUT2D eigenvalue weighted by Crippen LogP contribution is -2.45. The first-order valence-corrected chi connectivity index (χ1v) is 12.5. The highest BCUT2D eigenvalue weighted by molar-refractivity contribution is 9.10. The Kier molecular flexibility index (Phi) is 5.82. The summed E-state index contributed by atoms with van der Waals surface area (Å²) in [4.78, 5) is 33.6. The summed E-state index contributed by atoms with van der Waals surface area (Å²) >= 11 is 11.1. The van der Waals surface area contributed by atoms with E-state index < -0.39 is 0 Å². The molecule has 1 aliphatic heterocycles. The second-order valence-corrected chi connectivity index (χ2v) is 10.9. The summed E-state index contributed by atoms with van der Waals surface area (Å²) in [6, 6.07) is 14.8. The van der Waals surface area contributed by atoms with Crippen molar-refractivity contribution >= 4 is 50.7 Å². The molecule has 1 saturated carbocycles. The number of nitrogens with zero attached hydrogens (tertiary/aromatic N) is 2. The number of aryl methyl sites for hydroxylation is 1. The Balaban J connectivity index is 1.36. The van der Waals surface area contributed by atoms with Crippen molar-refractivity contribution in [3.05, 3.63) is 74.3 Å². The molecule has 0 radical (unpaired) electrons. The molecule has 1 aliphatic carbocycles. The first kappa shape index (κ1) is 21.6. The lowest BCUT2D eigenvalue weighted by Gasteiger charge is -2.27. The van der Waals surface area contributed by atoms with E-state index in [4.69, 9.17) is 11.6 Å². The summed E-state index contributed by atoms with van der Waals surface area (Å²) in [5, 5.41) is 4.50. The van der Waals surface area contributed by atoms with E-state index in [1.54, 1.807) is 12.1 Å². The minimum absolute atomic E-state index is 0.0159. The molecule has 164 valence electrons. The van der Waals surface area contributed by atoms with Crippen LogP contribution < -0.4 is 5.32 Å². The Morgan fingerprint density at radius 1 is 1.25 bits per heavy atom. The topological polar surface area (TPSA) is 62.3 Å². The first-order valence-electron chi connectivity index (χ1n) is 10.5. The average molecular weight is 531 g/mol. The molecule has 0 spiro atoms. The Morgan fingerprint density at radius 2 is 2.06 bits per heavy atom. The Labute approximate surface area is 203 Å². The number of nitrogens with one attached hydrogen (secondary N) is 1. The van der Waals surface area contributed by atoms with Crippen LogP contribution in [0.25, 0.3) is 10.4 Å². The summed E-state index contributed by atoms with van der Waals surface area (Å²) < 4.78 is 0.859. The third kappa shape index (κ3) is 4.21. The summed E-state index contributed by atoms with van der Waals surface area (Å²) in [7, 11) is 0. The van der Waals surface area contributed by atoms with Crippen LogP contribution in [0, 0.1) is 18.8 Å². The van der Waals surface area contributed by atoms with E-state index in [9.17, 15) is 9.59 Å². The van der Waals surface area contributed by atoms with Gasteiger partial charge in [-0.3, -0.25) is 9.59 Å². The maximum absolute atomic E-state index is 13.6. The Morgan fingerprint density at radius 3 is 2.84 bits per heavy atom. The highest BCUT2D eigenvalue weighted by atomic mass is 79.9. The second-order valence-electron chi connectivity index (χ2n) is 8.33. The molecule has 0 unspecified atom stereocenters. The lowest BCUT2D eigenvalue weighted by atomic mass is 10.1. The molecular weight excluding hydrogens is 510 g/mol. The predicted molar refractivity (Wildman–Crippen MR) is 130 cm³/mol. The quantitative estimate of drug-likeness (QED) is 0.479. The van der Waals surface area contributed by atoms with Gasteiger partial charge in [-0.1, -0.05) is 45.7 Å². The molecular formula is C24H21BrClN3O2S. The van der Waals surface area contributed by atoms with Crippen molar-refractivity contribution in [2.75, 3.05) is 13.1 Å². The molecule has 1 N–H and O–H groups in total. The molecule has 5 nitrogen and oxygen atoms in total. The largest absolute Gasteiger partial charge is 0.350 e. The summed E-state index contributed by atoms with van der Waals surface area (Å²) in [5.41, 5.74) is 1.97. The van der Waals surface area contributed by atoms with Gasteiger partial charge in [0.2, 0.25) is 0 Å². The van der Waals surface area contributed by atoms with Crippen molar-refractivity contribution < 1.29 is 9.59 Å². The number of rotatable bonds is 5. The Bertz CT molecular complexity index is 1210. The number of benzene rings is 2. The summed E-state index contributed by atoms with van der Waals surface area (Å²) in [5.74, 6) is 0.752. The zero-order valence-corrected chi connectivity index (χ0v) is 20.5. The van der Waals surface area contributed by atoms with Gasteiger partial charge in [0.1, 0.15) is 5.69 Å². The molecule has 3 atom stereocenters. The molecule has 5 rings (SSSR count). The average Bonchev–Trinajstić information content (AvgIpc) is 3.28. The third-order valence-corrected chi connectivity index (χ3v) is 7.89. The number of fused-ring (bicyclic) bond motifs is 1. The van der Waals surface area contributed by atoms with Crippen LogP contribution in [0.3, 0.4) is 0 Å². The first-order chi connectivity index (χ1) is 15.4. The van der Waals surface area contributed by atoms with Crippen molar-refractivity contribution in [3.8, 4) is 10.4 Å². The fourth-order valence-corrected chi connectivity index (χ4v) is 6.03. The number of likely N-dealkylation sites (tertiary alicyclic amines) is 1. The van der Waals surface area contributed by atoms with E-state index in [2.05, 4.69) is 26.2 Å². The smallest absolute Gasteiger partial charge is 0.274 e. The normalized spacial score (nSPS) is 21.3. The van der Waals surface area contributed by atoms with Gasteiger partial charge in [0, 0.05) is 28.1 Å². The molecule has 32 heavy (non-hydrogen) atoms. The van der Waals surface area contributed by atoms with Crippen molar-refractivity contribution in [2.24, 2.45) is 11.8 Å². The van der Waals surface area contributed by atoms with Gasteiger partial charge in [-0.15, -0.1) is 11.3 Å². The molecule has 2 amide bonds. The van der Waals surface area contributed by atoms with Gasteiger partial charge in [-0.2, -0.15) is 0 Å². The van der Waals surface area contributed by atoms with E-state index in [-0.39, 0.29) is 17.9 Å². The van der Waals surface area contributed by atoms with Gasteiger partial charge in [0.25, 0.3) is 11.8 Å². The fourth-order valence-electron chi connectivity index (χ4n) is 4.53. The maximum atomic E-state index is 13.6. The Hall–Kier alpha value is -2.22. The molecule has 2 fully saturated rings. The summed E-state index contributed by atoms with van der Waals surface area (Å²) in [6.45, 7) is 3.06. The van der Waals surface area contributed by atoms with E-state index in [1.807, 2.05) is 48.2 Å². The van der Waals surface area contributed by atoms with Crippen LogP contribution in [-0.4, -0.2) is 40.8 Å². The standard InChI is InChI=1S/C24H21BrClN3O2S/c1-13-28-21(22(32-13)14-4-3-7-18(26)9-14)24(31)29-12-16-10-19(16)20(29)11-27-23(30)15-5-2-6-17(25)8-15/h2-9,16,19-20H,10-12H2,1H3,(H,27,30)/t16-,19-,20-/m1/s1. The van der Waals surface area contributed by atoms with Gasteiger partial charge < -0.3 is 10.2 Å². The van der Waals surface area contributed by atoms with Gasteiger partial charge >= 0.3 is 0 Å². The van der Waals surface area contributed by atoms with E-state index in [0.717, 1.165) is 26.3 Å². The minimum Gasteiger partial charge on any atom is -0.350 e. The molecule has 8 heteroatoms. The highest BCUT2D eigenvalue weighted by Gasteiger charge is 2.54. The predicted octanol–water partition coefficient (Wildman–Crippen LogP) is 5.42. The third-order valence-electron chi connectivity index (χ3n) is 6.15. The molecule has 2 aromatic carbocycles. The SMILES string of the molecule is Cc1nc(C(=O)N2C[C@H]3C[C@H]3[C@H]2CNC(=O)c2cccc(Br)c2)c(-c2cccc(Cl)c2)s1. The number of piperidine rings is 1. The van der Waals surface area contributed by atoms with Crippen LogP contribution >= 0.6 is 38.9 Å². The number of halogens is 2. The molecule has 1 saturated heterocycles. The number of amides is 2. The minimum atomic E-state index is -0.132. The summed E-state index contributed by atoms with van der Waals surface area (Å²) in [6.07, 6.45) is 1.11. The zero-order valence-electron chi connectivity index (χ0n) is 17.3. The molecule has 3 aromatic rings. The molecule has 1 aromatic heterocycles. The van der Waals surface area contributed by atoms with Crippen LogP contribution in [0.4, 0.5) is 0 Å². The lowest BCUT2D eigenvalue weighted by molar-refractivity contribution is 0.0690. The molecule has 2 aliphatic rings. The van der Waals surface area contributed by atoms with E-state index in [1.165, 1.54) is 11.3 Å². The highest BCUT2D eigenvalue weighted by Crippen LogP contribution is 2.50. The number of carbonyl (C=O) groups is 2. The monoisotopic (exact) mass is 529 g/mol. The number of hydrogen-bond acceptors (Lipinski definition) is 4. The number of aromatic nitrogens is 1. The number of thiazole rings is 1. The van der Waals surface area contributed by atoms with Crippen molar-refractivity contribution in [1.29, 1.82) is 0 Å². The molecule has 2 heterocycles. The van der Waals surface area contributed by atoms with Crippen LogP contribution in [0.2, 0.25) is 5.02 Å². The van der Waals surface area contributed by atoms with Gasteiger partial charge in [-0.25, -0.2) is 4.98 Å². The van der Waals surface area contributed by atoms with Crippen molar-refractivity contribution in [2.45, 2.75) is 19.4 Å². The number of hydrogen-bond donors (Lipinski definition) is 1. The van der Waals surface area contributed by atoms with Crippen LogP contribution in [0.1, 0.15) is 32.3 Å². The van der Waals surface area contributed by atoms with Crippen molar-refractivity contribution in [1.82, 2.24) is 15.2 Å². The van der Waals surface area contributed by atoms with Crippen LogP contribution in [0.15, 0.2) is 53.0 Å². The second kappa shape index (κ2) is 8.61. The zero-order chi connectivity index (χ0) is 22.4. The van der Waals surface area contributed by atoms with Crippen LogP contribution in [0.5, 0.6) is 0 Å². The van der Waals surface area contributed by atoms with Crippen LogP contribution in [-0.2, 0) is 0 Å². The van der Waals surface area contributed by atoms with Gasteiger partial charge in [0.15, 0.2) is 0 Å². The number of carbonyl (C=O) groups excluding carboxylic acids is 2. The van der Waals surface area contributed by atoms with E-state index in [0.29, 0.717) is 41.2 Å². The van der Waals surface area contributed by atoms with Crippen molar-refractivity contribution in [3.63, 3.8) is 0 Å². The van der Waals surface area contributed by atoms with E-state index >= 15 is 0 Å². The van der Waals surface area contributed by atoms with Gasteiger partial charge in [-0.05, 0) is 61.1 Å². The molecule has 0 bridgehead atoms. The fraction of sp³-hybridized carbons (Fsp3) is 0.292.